The van der Waals surface area contributed by atoms with Gasteiger partial charge in [0.05, 0.1) is 11.4 Å². The molecule has 45 heavy (non-hydrogen) atoms. The third kappa shape index (κ3) is 4.91. The number of anilines is 6. The molecule has 0 spiro atoms. The minimum Gasteiger partial charge on any atom is -0.456 e. The van der Waals surface area contributed by atoms with E-state index in [9.17, 15) is 0 Å². The molecule has 0 saturated carbocycles. The van der Waals surface area contributed by atoms with E-state index in [0.29, 0.717) is 0 Å². The summed E-state index contributed by atoms with van der Waals surface area (Å²) in [6.07, 6.45) is 0. The number of rotatable bonds is 7. The van der Waals surface area contributed by atoms with Gasteiger partial charge in [-0.05, 0) is 84.4 Å². The number of nitrogens with zero attached hydrogens (tertiary/aromatic N) is 2. The highest BCUT2D eigenvalue weighted by atomic mass is 16.3. The zero-order valence-electron chi connectivity index (χ0n) is 24.6. The van der Waals surface area contributed by atoms with Crippen LogP contribution in [0, 0.1) is 0 Å². The maximum Gasteiger partial charge on any atom is 0.135 e. The molecule has 0 fully saturated rings. The van der Waals surface area contributed by atoms with E-state index in [4.69, 9.17) is 4.42 Å². The Kier molecular flexibility index (Phi) is 6.82. The summed E-state index contributed by atoms with van der Waals surface area (Å²) in [6, 6.07) is 63.8. The predicted molar refractivity (Wildman–Crippen MR) is 189 cm³/mol. The van der Waals surface area contributed by atoms with Crippen molar-refractivity contribution < 1.29 is 4.42 Å². The molecule has 0 aliphatic carbocycles. The van der Waals surface area contributed by atoms with Crippen molar-refractivity contribution in [3.05, 3.63) is 182 Å². The van der Waals surface area contributed by atoms with Gasteiger partial charge in [-0.2, -0.15) is 0 Å². The zero-order chi connectivity index (χ0) is 30.0. The van der Waals surface area contributed by atoms with Gasteiger partial charge < -0.3 is 14.2 Å². The number of fused-ring (bicyclic) bond motifs is 3. The normalized spacial score (nSPS) is 11.1. The third-order valence-electron chi connectivity index (χ3n) is 8.23. The van der Waals surface area contributed by atoms with Gasteiger partial charge in [0.2, 0.25) is 0 Å². The summed E-state index contributed by atoms with van der Waals surface area (Å²) < 4.78 is 6.26. The van der Waals surface area contributed by atoms with E-state index in [2.05, 4.69) is 180 Å². The van der Waals surface area contributed by atoms with Crippen LogP contribution in [-0.4, -0.2) is 0 Å². The van der Waals surface area contributed by atoms with Crippen LogP contribution in [0.3, 0.4) is 0 Å². The lowest BCUT2D eigenvalue weighted by Crippen LogP contribution is -2.15. The lowest BCUT2D eigenvalue weighted by atomic mass is 9.96. The molecule has 0 unspecified atom stereocenters. The summed E-state index contributed by atoms with van der Waals surface area (Å²) >= 11 is 0. The zero-order valence-corrected chi connectivity index (χ0v) is 24.6. The SMILES string of the molecule is c1ccc(N(c2ccccc2)c2cccc(N(c3ccccc3)c3ccccc3)c2-c2ccc3oc4ccccc4c3c2)cc1. The lowest BCUT2D eigenvalue weighted by Gasteiger charge is -2.33. The first-order valence-electron chi connectivity index (χ1n) is 15.2. The Labute approximate surface area is 262 Å². The van der Waals surface area contributed by atoms with E-state index < -0.39 is 0 Å². The van der Waals surface area contributed by atoms with Crippen molar-refractivity contribution in [3.8, 4) is 11.1 Å². The van der Waals surface area contributed by atoms with E-state index in [1.165, 1.54) is 0 Å². The molecular formula is C42H30N2O. The second-order valence-electron chi connectivity index (χ2n) is 11.0. The van der Waals surface area contributed by atoms with Crippen molar-refractivity contribution in [2.45, 2.75) is 0 Å². The van der Waals surface area contributed by atoms with Crippen LogP contribution in [0.25, 0.3) is 33.1 Å². The third-order valence-corrected chi connectivity index (χ3v) is 8.23. The average molecular weight is 579 g/mol. The number of furan rings is 1. The Morgan fingerprint density at radius 3 is 1.24 bits per heavy atom. The highest BCUT2D eigenvalue weighted by Crippen LogP contribution is 2.49. The summed E-state index contributed by atoms with van der Waals surface area (Å²) in [5.41, 5.74) is 10.5. The molecule has 3 heteroatoms. The first-order chi connectivity index (χ1) is 22.3. The Balaban J connectivity index is 1.46. The van der Waals surface area contributed by atoms with Crippen molar-refractivity contribution in [2.75, 3.05) is 9.80 Å². The first kappa shape index (κ1) is 26.6. The van der Waals surface area contributed by atoms with E-state index in [-0.39, 0.29) is 0 Å². The molecule has 0 N–H and O–H groups in total. The van der Waals surface area contributed by atoms with Crippen molar-refractivity contribution in [3.63, 3.8) is 0 Å². The minimum absolute atomic E-state index is 0.880. The van der Waals surface area contributed by atoms with Gasteiger partial charge in [0.15, 0.2) is 0 Å². The van der Waals surface area contributed by atoms with Gasteiger partial charge in [-0.25, -0.2) is 0 Å². The van der Waals surface area contributed by atoms with Crippen molar-refractivity contribution >= 4 is 56.1 Å². The lowest BCUT2D eigenvalue weighted by molar-refractivity contribution is 0.669. The van der Waals surface area contributed by atoms with Gasteiger partial charge in [0.25, 0.3) is 0 Å². The number of para-hydroxylation sites is 5. The average Bonchev–Trinajstić information content (AvgIpc) is 3.49. The quantitative estimate of drug-likeness (QED) is 0.188. The fraction of sp³-hybridized carbons (Fsp3) is 0. The van der Waals surface area contributed by atoms with E-state index in [1.54, 1.807) is 0 Å². The molecule has 0 atom stereocenters. The van der Waals surface area contributed by atoms with Gasteiger partial charge in [-0.3, -0.25) is 0 Å². The van der Waals surface area contributed by atoms with Crippen LogP contribution < -0.4 is 9.80 Å². The maximum absolute atomic E-state index is 6.26. The second kappa shape index (κ2) is 11.6. The molecule has 1 heterocycles. The molecule has 0 bridgehead atoms. The molecule has 214 valence electrons. The molecule has 1 aromatic heterocycles. The predicted octanol–water partition coefficient (Wildman–Crippen LogP) is 12.2. The van der Waals surface area contributed by atoms with Crippen LogP contribution >= 0.6 is 0 Å². The molecule has 0 aliphatic rings. The Hall–Kier alpha value is -6.06. The summed E-state index contributed by atoms with van der Waals surface area (Å²) in [6.45, 7) is 0. The Morgan fingerprint density at radius 2 is 0.756 bits per heavy atom. The smallest absolute Gasteiger partial charge is 0.135 e. The summed E-state index contributed by atoms with van der Waals surface area (Å²) in [4.78, 5) is 4.70. The van der Waals surface area contributed by atoms with Crippen molar-refractivity contribution in [1.82, 2.24) is 0 Å². The molecule has 7 aromatic carbocycles. The molecule has 8 rings (SSSR count). The Morgan fingerprint density at radius 1 is 0.333 bits per heavy atom. The fourth-order valence-electron chi connectivity index (χ4n) is 6.24. The molecule has 8 aromatic rings. The Bertz CT molecular complexity index is 2030. The van der Waals surface area contributed by atoms with Crippen LogP contribution in [0.4, 0.5) is 34.1 Å². The van der Waals surface area contributed by atoms with Crippen molar-refractivity contribution in [1.29, 1.82) is 0 Å². The van der Waals surface area contributed by atoms with Gasteiger partial charge in [-0.15, -0.1) is 0 Å². The van der Waals surface area contributed by atoms with Crippen LogP contribution in [-0.2, 0) is 0 Å². The monoisotopic (exact) mass is 578 g/mol. The van der Waals surface area contributed by atoms with Gasteiger partial charge in [0, 0.05) is 39.1 Å². The minimum atomic E-state index is 0.880. The molecule has 0 aliphatic heterocycles. The summed E-state index contributed by atoms with van der Waals surface area (Å²) in [7, 11) is 0. The van der Waals surface area contributed by atoms with Crippen LogP contribution in [0.2, 0.25) is 0 Å². The molecule has 0 radical (unpaired) electrons. The van der Waals surface area contributed by atoms with Crippen molar-refractivity contribution in [2.24, 2.45) is 0 Å². The van der Waals surface area contributed by atoms with E-state index in [1.807, 2.05) is 12.1 Å². The first-order valence-corrected chi connectivity index (χ1v) is 15.2. The molecule has 0 saturated heterocycles. The second-order valence-corrected chi connectivity index (χ2v) is 11.0. The van der Waals surface area contributed by atoms with E-state index in [0.717, 1.165) is 67.2 Å². The largest absolute Gasteiger partial charge is 0.456 e. The number of hydrogen-bond acceptors (Lipinski definition) is 3. The standard InChI is InChI=1S/C42H30N2O/c1-5-16-32(17-6-1)43(33-18-7-2-8-19-33)38-25-15-26-39(44(34-20-9-3-10-21-34)35-22-11-4-12-23-35)42(38)31-28-29-41-37(30-31)36-24-13-14-27-40(36)45-41/h1-30H. The highest BCUT2D eigenvalue weighted by Gasteiger charge is 2.24. The molecular weight excluding hydrogens is 548 g/mol. The maximum atomic E-state index is 6.26. The fourth-order valence-corrected chi connectivity index (χ4v) is 6.24. The highest BCUT2D eigenvalue weighted by molar-refractivity contribution is 6.08. The summed E-state index contributed by atoms with van der Waals surface area (Å²) in [5.74, 6) is 0. The van der Waals surface area contributed by atoms with Gasteiger partial charge >= 0.3 is 0 Å². The topological polar surface area (TPSA) is 19.6 Å². The number of hydrogen-bond donors (Lipinski definition) is 0. The van der Waals surface area contributed by atoms with Crippen LogP contribution in [0.1, 0.15) is 0 Å². The summed E-state index contributed by atoms with van der Waals surface area (Å²) in [5, 5.41) is 2.21. The van der Waals surface area contributed by atoms with Gasteiger partial charge in [-0.1, -0.05) is 103 Å². The van der Waals surface area contributed by atoms with Gasteiger partial charge in [0.1, 0.15) is 11.2 Å². The molecule has 3 nitrogen and oxygen atoms in total. The van der Waals surface area contributed by atoms with E-state index >= 15 is 0 Å². The molecule has 0 amide bonds. The van der Waals surface area contributed by atoms with Crippen LogP contribution in [0.5, 0.6) is 0 Å². The number of benzene rings is 7. The van der Waals surface area contributed by atoms with Crippen LogP contribution in [0.15, 0.2) is 186 Å².